The number of fused-ring (bicyclic) bond motifs is 3. The molecule has 9 heteroatoms. The molecular formula is C16H13ClN2O6. The van der Waals surface area contributed by atoms with Crippen LogP contribution in [0.4, 0.5) is 0 Å². The van der Waals surface area contributed by atoms with Crippen LogP contribution in [0.3, 0.4) is 0 Å². The van der Waals surface area contributed by atoms with Crippen LogP contribution in [0.5, 0.6) is 6.01 Å². The van der Waals surface area contributed by atoms with Gasteiger partial charge in [-0.15, -0.1) is 0 Å². The summed E-state index contributed by atoms with van der Waals surface area (Å²) in [6.45, 7) is -0.137. The number of benzene rings is 1. The number of ether oxygens (including phenoxy) is 3. The van der Waals surface area contributed by atoms with Gasteiger partial charge in [0.1, 0.15) is 23.8 Å². The Morgan fingerprint density at radius 2 is 2.12 bits per heavy atom. The van der Waals surface area contributed by atoms with E-state index in [1.165, 1.54) is 10.8 Å². The van der Waals surface area contributed by atoms with E-state index in [0.29, 0.717) is 5.56 Å². The van der Waals surface area contributed by atoms with Gasteiger partial charge in [-0.2, -0.15) is 4.98 Å². The summed E-state index contributed by atoms with van der Waals surface area (Å²) in [5.41, 5.74) is -0.208. The van der Waals surface area contributed by atoms with E-state index < -0.39 is 36.1 Å². The predicted octanol–water partition coefficient (Wildman–Crippen LogP) is 0.773. The van der Waals surface area contributed by atoms with Crippen LogP contribution >= 0.6 is 11.6 Å². The minimum Gasteiger partial charge on any atom is -0.459 e. The van der Waals surface area contributed by atoms with Crippen molar-refractivity contribution in [2.45, 2.75) is 24.5 Å². The first kappa shape index (κ1) is 16.1. The van der Waals surface area contributed by atoms with Gasteiger partial charge in [-0.05, 0) is 12.1 Å². The molecule has 1 aromatic heterocycles. The molecule has 2 aromatic rings. The molecule has 4 atom stereocenters. The first-order valence-electron chi connectivity index (χ1n) is 7.55. The molecule has 0 aliphatic carbocycles. The Bertz CT molecular complexity index is 871. The van der Waals surface area contributed by atoms with Gasteiger partial charge < -0.3 is 19.3 Å². The zero-order valence-corrected chi connectivity index (χ0v) is 13.5. The fraction of sp³-hybridized carbons (Fsp3) is 0.312. The van der Waals surface area contributed by atoms with Crippen molar-refractivity contribution in [1.29, 1.82) is 0 Å². The molecule has 130 valence electrons. The highest BCUT2D eigenvalue weighted by Crippen LogP contribution is 2.39. The summed E-state index contributed by atoms with van der Waals surface area (Å²) >= 11 is 5.79. The summed E-state index contributed by atoms with van der Waals surface area (Å²) in [5, 5.41) is 10.3. The Hall–Kier alpha value is -2.42. The van der Waals surface area contributed by atoms with E-state index in [4.69, 9.17) is 25.8 Å². The number of hydrogen-bond acceptors (Lipinski definition) is 7. The number of hydrogen-bond donors (Lipinski definition) is 1. The van der Waals surface area contributed by atoms with Gasteiger partial charge in [0.05, 0.1) is 5.56 Å². The fourth-order valence-corrected chi connectivity index (χ4v) is 2.99. The lowest BCUT2D eigenvalue weighted by Crippen LogP contribution is -2.36. The summed E-state index contributed by atoms with van der Waals surface area (Å²) in [4.78, 5) is 27.1. The van der Waals surface area contributed by atoms with E-state index in [1.807, 2.05) is 0 Å². The lowest BCUT2D eigenvalue weighted by molar-refractivity contribution is -0.0512. The van der Waals surface area contributed by atoms with Crippen LogP contribution in [-0.4, -0.2) is 45.5 Å². The minimum absolute atomic E-state index is 0.0307. The van der Waals surface area contributed by atoms with Crippen LogP contribution in [0, 0.1) is 0 Å². The van der Waals surface area contributed by atoms with Gasteiger partial charge in [-0.3, -0.25) is 9.36 Å². The summed E-state index contributed by atoms with van der Waals surface area (Å²) < 4.78 is 17.8. The third-order valence-electron chi connectivity index (χ3n) is 4.09. The maximum Gasteiger partial charge on any atom is 0.338 e. The van der Waals surface area contributed by atoms with E-state index in [1.54, 1.807) is 30.3 Å². The second-order valence-electron chi connectivity index (χ2n) is 5.69. The molecule has 4 rings (SSSR count). The number of aromatic nitrogens is 2. The first-order valence-corrected chi connectivity index (χ1v) is 7.93. The van der Waals surface area contributed by atoms with E-state index in [-0.39, 0.29) is 17.6 Å². The van der Waals surface area contributed by atoms with Gasteiger partial charge in [0.15, 0.2) is 12.3 Å². The van der Waals surface area contributed by atoms with Crippen LogP contribution < -0.4 is 10.3 Å². The van der Waals surface area contributed by atoms with Crippen LogP contribution in [0.1, 0.15) is 16.6 Å². The van der Waals surface area contributed by atoms with Gasteiger partial charge in [-0.1, -0.05) is 29.8 Å². The van der Waals surface area contributed by atoms with Crippen LogP contribution in [0.25, 0.3) is 0 Å². The zero-order chi connectivity index (χ0) is 17.6. The van der Waals surface area contributed by atoms with Gasteiger partial charge >= 0.3 is 12.0 Å². The summed E-state index contributed by atoms with van der Waals surface area (Å²) in [7, 11) is 0. The average molecular weight is 365 g/mol. The molecule has 0 saturated carbocycles. The monoisotopic (exact) mass is 364 g/mol. The molecule has 1 fully saturated rings. The van der Waals surface area contributed by atoms with Crippen molar-refractivity contribution in [3.63, 3.8) is 0 Å². The van der Waals surface area contributed by atoms with Gasteiger partial charge in [0.2, 0.25) is 0 Å². The second-order valence-corrected chi connectivity index (χ2v) is 6.09. The number of esters is 1. The maximum atomic E-state index is 12.0. The lowest BCUT2D eigenvalue weighted by Gasteiger charge is -2.17. The third kappa shape index (κ3) is 2.78. The maximum absolute atomic E-state index is 12.0. The number of aliphatic hydroxyl groups is 1. The molecule has 0 bridgehead atoms. The second kappa shape index (κ2) is 6.14. The largest absolute Gasteiger partial charge is 0.459 e. The van der Waals surface area contributed by atoms with Crippen LogP contribution in [0.15, 0.2) is 41.3 Å². The predicted molar refractivity (Wildman–Crippen MR) is 84.6 cm³/mol. The molecule has 8 nitrogen and oxygen atoms in total. The Morgan fingerprint density at radius 1 is 1.36 bits per heavy atom. The summed E-state index contributed by atoms with van der Waals surface area (Å²) in [6, 6.07) is 8.54. The number of nitrogens with zero attached hydrogens (tertiary/aromatic N) is 2. The SMILES string of the molecule is O=C(OCC1OC2C(Oc3nc(=O)c(Cl)cn32)C1O)c1ccccc1. The van der Waals surface area contributed by atoms with E-state index in [9.17, 15) is 14.7 Å². The van der Waals surface area contributed by atoms with Crippen molar-refractivity contribution < 1.29 is 24.1 Å². The standard InChI is InChI=1S/C16H13ClN2O6/c17-9-6-19-14-12(25-16(19)18-13(9)21)11(20)10(24-14)7-23-15(22)8-4-2-1-3-5-8/h1-6,10-12,14,20H,7H2. The zero-order valence-electron chi connectivity index (χ0n) is 12.7. The minimum atomic E-state index is -1.05. The number of rotatable bonds is 3. The number of carbonyl (C=O) groups excluding carboxylic acids is 1. The van der Waals surface area contributed by atoms with Crippen molar-refractivity contribution >= 4 is 17.6 Å². The molecule has 2 aliphatic heterocycles. The highest BCUT2D eigenvalue weighted by atomic mass is 35.5. The first-order chi connectivity index (χ1) is 12.0. The van der Waals surface area contributed by atoms with Gasteiger partial charge in [0.25, 0.3) is 5.56 Å². The Labute approximate surface area is 146 Å². The van der Waals surface area contributed by atoms with Crippen molar-refractivity contribution in [3.05, 3.63) is 57.5 Å². The fourth-order valence-electron chi connectivity index (χ4n) is 2.84. The van der Waals surface area contributed by atoms with Crippen LogP contribution in [0.2, 0.25) is 5.02 Å². The number of halogens is 1. The topological polar surface area (TPSA) is 99.9 Å². The Kier molecular flexibility index (Phi) is 3.95. The summed E-state index contributed by atoms with van der Waals surface area (Å²) in [6.07, 6.45) is -1.93. The molecule has 1 N–H and O–H groups in total. The smallest absolute Gasteiger partial charge is 0.338 e. The normalized spacial score (nSPS) is 26.6. The van der Waals surface area contributed by atoms with Gasteiger partial charge in [-0.25, -0.2) is 4.79 Å². The molecule has 1 aromatic carbocycles. The highest BCUT2D eigenvalue weighted by molar-refractivity contribution is 6.30. The molecule has 0 amide bonds. The molecule has 1 saturated heterocycles. The van der Waals surface area contributed by atoms with E-state index >= 15 is 0 Å². The lowest BCUT2D eigenvalue weighted by atomic mass is 10.1. The molecule has 4 unspecified atom stereocenters. The molecule has 25 heavy (non-hydrogen) atoms. The van der Waals surface area contributed by atoms with E-state index in [0.717, 1.165) is 0 Å². The van der Waals surface area contributed by atoms with Gasteiger partial charge in [0, 0.05) is 6.20 Å². The Morgan fingerprint density at radius 3 is 2.88 bits per heavy atom. The molecule has 2 aliphatic rings. The van der Waals surface area contributed by atoms with Crippen molar-refractivity contribution in [2.24, 2.45) is 0 Å². The number of carbonyl (C=O) groups is 1. The summed E-state index contributed by atoms with van der Waals surface area (Å²) in [5.74, 6) is -0.511. The van der Waals surface area contributed by atoms with Crippen molar-refractivity contribution in [2.75, 3.05) is 6.61 Å². The quantitative estimate of drug-likeness (QED) is 0.803. The molecule has 0 spiro atoms. The highest BCUT2D eigenvalue weighted by Gasteiger charge is 2.51. The molecule has 0 radical (unpaired) electrons. The van der Waals surface area contributed by atoms with E-state index in [2.05, 4.69) is 4.98 Å². The van der Waals surface area contributed by atoms with Crippen LogP contribution in [-0.2, 0) is 9.47 Å². The van der Waals surface area contributed by atoms with Crippen molar-refractivity contribution in [3.8, 4) is 6.01 Å². The average Bonchev–Trinajstić information content (AvgIpc) is 3.11. The molecule has 3 heterocycles. The van der Waals surface area contributed by atoms with Crippen molar-refractivity contribution in [1.82, 2.24) is 9.55 Å². The number of aliphatic hydroxyl groups excluding tert-OH is 1. The molecular weight excluding hydrogens is 352 g/mol. The third-order valence-corrected chi connectivity index (χ3v) is 4.35. The Balaban J connectivity index is 1.45.